The topological polar surface area (TPSA) is 56.0 Å². The van der Waals surface area contributed by atoms with E-state index in [0.29, 0.717) is 20.8 Å². The summed E-state index contributed by atoms with van der Waals surface area (Å²) in [4.78, 5) is 13.4. The number of fused-ring (bicyclic) bond motifs is 1. The van der Waals surface area contributed by atoms with Crippen LogP contribution in [-0.2, 0) is 4.79 Å². The van der Waals surface area contributed by atoms with Crippen molar-refractivity contribution in [3.63, 3.8) is 0 Å². The van der Waals surface area contributed by atoms with E-state index in [1.54, 1.807) is 36.4 Å². The van der Waals surface area contributed by atoms with Gasteiger partial charge < -0.3 is 10.5 Å². The third kappa shape index (κ3) is 4.54. The molecule has 1 aromatic heterocycles. The van der Waals surface area contributed by atoms with E-state index < -0.39 is 5.25 Å². The Labute approximate surface area is 188 Å². The van der Waals surface area contributed by atoms with Gasteiger partial charge in [-0.15, -0.1) is 0 Å². The molecule has 3 aromatic carbocycles. The van der Waals surface area contributed by atoms with E-state index in [2.05, 4.69) is 5.32 Å². The molecule has 0 aliphatic rings. The van der Waals surface area contributed by atoms with Gasteiger partial charge in [0.05, 0.1) is 0 Å². The number of halogens is 2. The monoisotopic (exact) mass is 454 g/mol. The second kappa shape index (κ2) is 8.96. The molecule has 4 nitrogen and oxygen atoms in total. The minimum atomic E-state index is -0.670. The Morgan fingerprint density at radius 2 is 1.63 bits per heavy atom. The third-order valence-electron chi connectivity index (χ3n) is 4.50. The Morgan fingerprint density at radius 1 is 0.933 bits per heavy atom. The molecular formula is C23H16Cl2N2O2S. The molecule has 4 aromatic rings. The van der Waals surface area contributed by atoms with Gasteiger partial charge in [0, 0.05) is 27.9 Å². The number of nitrogens with zero attached hydrogens (tertiary/aromatic N) is 1. The number of aromatic nitrogens is 1. The largest absolute Gasteiger partial charge is 0.618 e. The molecule has 0 fully saturated rings. The Balaban J connectivity index is 1.76. The van der Waals surface area contributed by atoms with Crippen LogP contribution in [0.25, 0.3) is 10.8 Å². The summed E-state index contributed by atoms with van der Waals surface area (Å²) in [6, 6.07) is 23.6. The van der Waals surface area contributed by atoms with Crippen LogP contribution < -0.4 is 10.0 Å². The number of amides is 1. The number of pyridine rings is 1. The Morgan fingerprint density at radius 3 is 2.40 bits per heavy atom. The standard InChI is InChI=1S/C23H16Cl2N2O2S/c24-16-12-17(25)14-18(13-16)26-23(28)22(30-21-10-3-4-11-27(21)29)20-9-5-7-15-6-1-2-8-19(15)20/h1-14,22H,(H,26,28). The molecule has 0 spiro atoms. The van der Waals surface area contributed by atoms with Gasteiger partial charge in [-0.25, -0.2) is 0 Å². The summed E-state index contributed by atoms with van der Waals surface area (Å²) in [7, 11) is 0. The van der Waals surface area contributed by atoms with Crippen molar-refractivity contribution in [2.24, 2.45) is 0 Å². The highest BCUT2D eigenvalue weighted by Gasteiger charge is 2.27. The second-order valence-electron chi connectivity index (χ2n) is 6.58. The van der Waals surface area contributed by atoms with E-state index in [0.717, 1.165) is 21.1 Å². The fraction of sp³-hybridized carbons (Fsp3) is 0.0435. The number of hydrogen-bond donors (Lipinski definition) is 1. The van der Waals surface area contributed by atoms with Crippen molar-refractivity contribution in [3.8, 4) is 0 Å². The number of benzene rings is 3. The lowest BCUT2D eigenvalue weighted by molar-refractivity contribution is -0.645. The maximum atomic E-state index is 13.4. The predicted molar refractivity (Wildman–Crippen MR) is 123 cm³/mol. The average Bonchev–Trinajstić information content (AvgIpc) is 2.72. The molecule has 1 N–H and O–H groups in total. The average molecular weight is 455 g/mol. The lowest BCUT2D eigenvalue weighted by Crippen LogP contribution is -2.29. The van der Waals surface area contributed by atoms with Gasteiger partial charge in [-0.1, -0.05) is 65.7 Å². The van der Waals surface area contributed by atoms with E-state index in [9.17, 15) is 10.0 Å². The van der Waals surface area contributed by atoms with Crippen molar-refractivity contribution >= 4 is 57.3 Å². The molecule has 1 atom stereocenters. The fourth-order valence-corrected chi connectivity index (χ4v) is 4.78. The van der Waals surface area contributed by atoms with Gasteiger partial charge in [-0.05, 0) is 52.4 Å². The molecular weight excluding hydrogens is 439 g/mol. The van der Waals surface area contributed by atoms with Crippen LogP contribution in [0.5, 0.6) is 0 Å². The number of nitrogens with one attached hydrogen (secondary N) is 1. The number of thioether (sulfide) groups is 1. The minimum Gasteiger partial charge on any atom is -0.618 e. The zero-order chi connectivity index (χ0) is 21.1. The van der Waals surface area contributed by atoms with Crippen molar-refractivity contribution in [3.05, 3.63) is 106 Å². The molecule has 4 rings (SSSR count). The molecule has 0 aliphatic heterocycles. The lowest BCUT2D eigenvalue weighted by atomic mass is 10.0. The molecule has 0 saturated carbocycles. The van der Waals surface area contributed by atoms with Crippen molar-refractivity contribution in [2.45, 2.75) is 10.3 Å². The zero-order valence-electron chi connectivity index (χ0n) is 15.6. The quantitative estimate of drug-likeness (QED) is 0.220. The molecule has 0 bridgehead atoms. The molecule has 7 heteroatoms. The third-order valence-corrected chi connectivity index (χ3v) is 6.20. The Bertz CT molecular complexity index is 1210. The maximum absolute atomic E-state index is 13.4. The highest BCUT2D eigenvalue weighted by Crippen LogP contribution is 2.38. The van der Waals surface area contributed by atoms with Crippen LogP contribution in [0.4, 0.5) is 5.69 Å². The molecule has 1 unspecified atom stereocenters. The van der Waals surface area contributed by atoms with Crippen LogP contribution in [0.2, 0.25) is 10.0 Å². The Kier molecular flexibility index (Phi) is 6.13. The number of hydrogen-bond acceptors (Lipinski definition) is 3. The zero-order valence-corrected chi connectivity index (χ0v) is 17.9. The van der Waals surface area contributed by atoms with E-state index in [-0.39, 0.29) is 5.91 Å². The van der Waals surface area contributed by atoms with Gasteiger partial charge in [0.1, 0.15) is 5.25 Å². The molecule has 0 radical (unpaired) electrons. The molecule has 0 saturated heterocycles. The van der Waals surface area contributed by atoms with Gasteiger partial charge in [-0.3, -0.25) is 4.79 Å². The highest BCUT2D eigenvalue weighted by molar-refractivity contribution is 8.00. The SMILES string of the molecule is O=C(Nc1cc(Cl)cc(Cl)c1)C(Sc1cccc[n+]1[O-])c1cccc2ccccc12. The van der Waals surface area contributed by atoms with Crippen LogP contribution >= 0.6 is 35.0 Å². The normalized spacial score (nSPS) is 11.9. The summed E-state index contributed by atoms with van der Waals surface area (Å²) in [6.07, 6.45) is 1.41. The number of carbonyl (C=O) groups is 1. The van der Waals surface area contributed by atoms with Gasteiger partial charge >= 0.3 is 0 Å². The van der Waals surface area contributed by atoms with Gasteiger partial charge in [0.15, 0.2) is 6.20 Å². The number of anilines is 1. The first kappa shape index (κ1) is 20.5. The molecule has 1 heterocycles. The molecule has 1 amide bonds. The molecule has 0 aliphatic carbocycles. The molecule has 150 valence electrons. The molecule has 30 heavy (non-hydrogen) atoms. The first-order valence-corrected chi connectivity index (χ1v) is 10.7. The van der Waals surface area contributed by atoms with E-state index in [1.165, 1.54) is 18.0 Å². The number of carbonyl (C=O) groups excluding carboxylic acids is 1. The highest BCUT2D eigenvalue weighted by atomic mass is 35.5. The summed E-state index contributed by atoms with van der Waals surface area (Å²) >= 11 is 13.3. The summed E-state index contributed by atoms with van der Waals surface area (Å²) in [5.41, 5.74) is 1.30. The minimum absolute atomic E-state index is 0.279. The van der Waals surface area contributed by atoms with Gasteiger partial charge in [0.2, 0.25) is 5.91 Å². The second-order valence-corrected chi connectivity index (χ2v) is 8.58. The van der Waals surface area contributed by atoms with E-state index in [1.807, 2.05) is 42.5 Å². The maximum Gasteiger partial charge on any atom is 0.252 e. The van der Waals surface area contributed by atoms with Crippen LogP contribution in [0.15, 0.2) is 90.1 Å². The van der Waals surface area contributed by atoms with Crippen LogP contribution in [0.3, 0.4) is 0 Å². The summed E-state index contributed by atoms with van der Waals surface area (Å²) < 4.78 is 0.756. The van der Waals surface area contributed by atoms with Crippen LogP contribution in [-0.4, -0.2) is 5.91 Å². The first-order valence-electron chi connectivity index (χ1n) is 9.11. The predicted octanol–water partition coefficient (Wildman–Crippen LogP) is 6.25. The van der Waals surface area contributed by atoms with E-state index in [4.69, 9.17) is 23.2 Å². The summed E-state index contributed by atoms with van der Waals surface area (Å²) in [5, 5.41) is 17.7. The van der Waals surface area contributed by atoms with Crippen LogP contribution in [0.1, 0.15) is 10.8 Å². The fourth-order valence-electron chi connectivity index (χ4n) is 3.20. The summed E-state index contributed by atoms with van der Waals surface area (Å²) in [5.74, 6) is -0.279. The van der Waals surface area contributed by atoms with Crippen molar-refractivity contribution in [1.29, 1.82) is 0 Å². The smallest absolute Gasteiger partial charge is 0.252 e. The van der Waals surface area contributed by atoms with Crippen molar-refractivity contribution in [1.82, 2.24) is 0 Å². The lowest BCUT2D eigenvalue weighted by Gasteiger charge is -2.18. The van der Waals surface area contributed by atoms with E-state index >= 15 is 0 Å². The van der Waals surface area contributed by atoms with Gasteiger partial charge in [0.25, 0.3) is 5.03 Å². The first-order chi connectivity index (χ1) is 14.5. The van der Waals surface area contributed by atoms with Crippen LogP contribution in [0, 0.1) is 5.21 Å². The van der Waals surface area contributed by atoms with Crippen molar-refractivity contribution < 1.29 is 9.52 Å². The number of rotatable bonds is 5. The Hall–Kier alpha value is -2.73. The van der Waals surface area contributed by atoms with Gasteiger partial charge in [-0.2, -0.15) is 4.73 Å². The van der Waals surface area contributed by atoms with Crippen molar-refractivity contribution in [2.75, 3.05) is 5.32 Å². The summed E-state index contributed by atoms with van der Waals surface area (Å²) in [6.45, 7) is 0.